The Morgan fingerprint density at radius 3 is 1.54 bits per heavy atom. The summed E-state index contributed by atoms with van der Waals surface area (Å²) in [5.41, 5.74) is -0.852. The molecule has 4 nitrogen and oxygen atoms in total. The van der Waals surface area contributed by atoms with Gasteiger partial charge < -0.3 is 19.7 Å². The van der Waals surface area contributed by atoms with Crippen molar-refractivity contribution in [3.63, 3.8) is 0 Å². The average molecular weight is 403 g/mol. The quantitative estimate of drug-likeness (QED) is 0.421. The smallest absolute Gasteiger partial charge is 0.261 e. The van der Waals surface area contributed by atoms with E-state index in [1.807, 2.05) is 12.1 Å². The largest absolute Gasteiger partial charge is 0.407 e. The van der Waals surface area contributed by atoms with Crippen LogP contribution in [0.5, 0.6) is 0 Å². The van der Waals surface area contributed by atoms with Crippen LogP contribution in [0.15, 0.2) is 60.7 Å². The molecule has 0 bridgehead atoms. The Morgan fingerprint density at radius 2 is 1.18 bits per heavy atom. The third-order valence-corrected chi connectivity index (χ3v) is 10.6. The van der Waals surface area contributed by atoms with Gasteiger partial charge >= 0.3 is 0 Å². The fourth-order valence-electron chi connectivity index (χ4n) is 3.82. The van der Waals surface area contributed by atoms with Gasteiger partial charge in [-0.1, -0.05) is 81.4 Å². The molecule has 2 aromatic rings. The highest BCUT2D eigenvalue weighted by molar-refractivity contribution is 6.99. The van der Waals surface area contributed by atoms with E-state index in [1.54, 1.807) is 0 Å². The van der Waals surface area contributed by atoms with Crippen LogP contribution in [0.25, 0.3) is 0 Å². The van der Waals surface area contributed by atoms with E-state index in [0.29, 0.717) is 19.4 Å². The van der Waals surface area contributed by atoms with Gasteiger partial charge in [0.15, 0.2) is 0 Å². The Hall–Kier alpha value is -1.50. The predicted octanol–water partition coefficient (Wildman–Crippen LogP) is 2.31. The molecule has 0 aliphatic carbocycles. The normalized spacial score (nSPS) is 12.9. The van der Waals surface area contributed by atoms with Gasteiger partial charge in [-0.3, -0.25) is 0 Å². The maximum atomic E-state index is 9.57. The summed E-state index contributed by atoms with van der Waals surface area (Å²) in [6.07, 6.45) is 1.17. The maximum absolute atomic E-state index is 9.57. The molecular formula is C23H34O4Si. The standard InChI is InChI=1S/C23H34O4Si/c1-22(2,3)28(20-11-6-4-7-12-20,21-13-8-5-9-14-21)27-16-10-15-23(17-24,18-25)19-26/h4-9,11-14,24-26H,10,15-19H2,1-3H3. The van der Waals surface area contributed by atoms with Gasteiger partial charge in [0, 0.05) is 12.0 Å². The van der Waals surface area contributed by atoms with Crippen molar-refractivity contribution in [3.8, 4) is 0 Å². The first-order valence-corrected chi connectivity index (χ1v) is 11.8. The van der Waals surface area contributed by atoms with Crippen LogP contribution in [-0.4, -0.2) is 50.1 Å². The molecule has 0 amide bonds. The summed E-state index contributed by atoms with van der Waals surface area (Å²) in [6.45, 7) is 6.50. The van der Waals surface area contributed by atoms with Crippen LogP contribution in [0.1, 0.15) is 33.6 Å². The van der Waals surface area contributed by atoms with Gasteiger partial charge in [0.1, 0.15) is 0 Å². The lowest BCUT2D eigenvalue weighted by molar-refractivity contribution is -0.00412. The second-order valence-corrected chi connectivity index (χ2v) is 12.9. The monoisotopic (exact) mass is 402 g/mol. The molecule has 0 aliphatic heterocycles. The fourth-order valence-corrected chi connectivity index (χ4v) is 8.43. The van der Waals surface area contributed by atoms with Gasteiger partial charge in [-0.2, -0.15) is 0 Å². The Bertz CT molecular complexity index is 646. The summed E-state index contributed by atoms with van der Waals surface area (Å²) in [4.78, 5) is 0. The molecule has 0 saturated heterocycles. The highest BCUT2D eigenvalue weighted by Crippen LogP contribution is 2.37. The molecule has 0 aromatic heterocycles. The molecule has 0 atom stereocenters. The summed E-state index contributed by atoms with van der Waals surface area (Å²) in [5, 5.41) is 31.1. The summed E-state index contributed by atoms with van der Waals surface area (Å²) < 4.78 is 6.79. The minimum Gasteiger partial charge on any atom is -0.407 e. The summed E-state index contributed by atoms with van der Waals surface area (Å²) in [5.74, 6) is 0. The van der Waals surface area contributed by atoms with E-state index in [-0.39, 0.29) is 24.9 Å². The predicted molar refractivity (Wildman–Crippen MR) is 116 cm³/mol. The molecule has 0 spiro atoms. The number of aliphatic hydroxyl groups is 3. The SMILES string of the molecule is CC(C)(C)[Si](OCCCC(CO)(CO)CO)(c1ccccc1)c1ccccc1. The number of hydrogen-bond donors (Lipinski definition) is 3. The lowest BCUT2D eigenvalue weighted by atomic mass is 9.86. The number of benzene rings is 2. The van der Waals surface area contributed by atoms with Gasteiger partial charge in [-0.15, -0.1) is 0 Å². The van der Waals surface area contributed by atoms with E-state index in [1.165, 1.54) is 10.4 Å². The number of hydrogen-bond acceptors (Lipinski definition) is 4. The van der Waals surface area contributed by atoms with Gasteiger partial charge in [0.25, 0.3) is 8.32 Å². The molecule has 3 N–H and O–H groups in total. The van der Waals surface area contributed by atoms with E-state index >= 15 is 0 Å². The van der Waals surface area contributed by atoms with Gasteiger partial charge in [0.05, 0.1) is 19.8 Å². The zero-order valence-electron chi connectivity index (χ0n) is 17.3. The molecule has 28 heavy (non-hydrogen) atoms. The van der Waals surface area contributed by atoms with E-state index in [0.717, 1.165) is 0 Å². The number of rotatable bonds is 10. The third kappa shape index (κ3) is 4.73. The van der Waals surface area contributed by atoms with Crippen LogP contribution >= 0.6 is 0 Å². The van der Waals surface area contributed by atoms with Crippen LogP contribution in [-0.2, 0) is 4.43 Å². The van der Waals surface area contributed by atoms with Crippen LogP contribution < -0.4 is 10.4 Å². The first-order valence-electron chi connectivity index (χ1n) is 9.93. The lowest BCUT2D eigenvalue weighted by Gasteiger charge is -2.43. The van der Waals surface area contributed by atoms with Crippen molar-refractivity contribution in [2.75, 3.05) is 26.4 Å². The van der Waals surface area contributed by atoms with Crippen molar-refractivity contribution in [2.45, 2.75) is 38.7 Å². The molecule has 154 valence electrons. The molecule has 0 heterocycles. The second kappa shape index (κ2) is 9.81. The highest BCUT2D eigenvalue weighted by Gasteiger charge is 2.50. The Morgan fingerprint density at radius 1 is 0.750 bits per heavy atom. The van der Waals surface area contributed by atoms with Crippen molar-refractivity contribution < 1.29 is 19.7 Å². The van der Waals surface area contributed by atoms with Crippen molar-refractivity contribution >= 4 is 18.7 Å². The van der Waals surface area contributed by atoms with E-state index in [4.69, 9.17) is 4.43 Å². The highest BCUT2D eigenvalue weighted by atomic mass is 28.4. The Labute approximate surface area is 170 Å². The van der Waals surface area contributed by atoms with Crippen molar-refractivity contribution in [1.29, 1.82) is 0 Å². The number of aliphatic hydroxyl groups excluding tert-OH is 3. The van der Waals surface area contributed by atoms with Crippen LogP contribution in [0.3, 0.4) is 0 Å². The Kier molecular flexibility index (Phi) is 7.98. The lowest BCUT2D eigenvalue weighted by Crippen LogP contribution is -2.66. The Balaban J connectivity index is 2.34. The molecule has 0 radical (unpaired) electrons. The summed E-state index contributed by atoms with van der Waals surface area (Å²) in [7, 11) is -2.56. The van der Waals surface area contributed by atoms with Crippen molar-refractivity contribution in [2.24, 2.45) is 5.41 Å². The molecule has 0 unspecified atom stereocenters. The third-order valence-electron chi connectivity index (χ3n) is 5.59. The average Bonchev–Trinajstić information content (AvgIpc) is 2.72. The first-order chi connectivity index (χ1) is 13.3. The minimum atomic E-state index is -2.56. The van der Waals surface area contributed by atoms with Crippen LogP contribution in [0, 0.1) is 5.41 Å². The van der Waals surface area contributed by atoms with Crippen LogP contribution in [0.4, 0.5) is 0 Å². The van der Waals surface area contributed by atoms with E-state index in [2.05, 4.69) is 69.3 Å². The second-order valence-electron chi connectivity index (χ2n) is 8.59. The zero-order chi connectivity index (χ0) is 20.7. The fraction of sp³-hybridized carbons (Fsp3) is 0.478. The zero-order valence-corrected chi connectivity index (χ0v) is 18.3. The molecule has 5 heteroatoms. The van der Waals surface area contributed by atoms with Gasteiger partial charge in [0.2, 0.25) is 0 Å². The first kappa shape index (κ1) is 22.8. The van der Waals surface area contributed by atoms with Gasteiger partial charge in [-0.05, 0) is 28.3 Å². The summed E-state index contributed by atoms with van der Waals surface area (Å²) >= 11 is 0. The van der Waals surface area contributed by atoms with Gasteiger partial charge in [-0.25, -0.2) is 0 Å². The molecule has 2 aromatic carbocycles. The topological polar surface area (TPSA) is 69.9 Å². The van der Waals surface area contributed by atoms with Crippen molar-refractivity contribution in [1.82, 2.24) is 0 Å². The van der Waals surface area contributed by atoms with Crippen LogP contribution in [0.2, 0.25) is 5.04 Å². The van der Waals surface area contributed by atoms with E-state index < -0.39 is 13.7 Å². The molecule has 0 aliphatic rings. The molecule has 0 fully saturated rings. The molecule has 2 rings (SSSR count). The maximum Gasteiger partial charge on any atom is 0.261 e. The summed E-state index contributed by atoms with van der Waals surface area (Å²) in [6, 6.07) is 20.9. The van der Waals surface area contributed by atoms with Crippen molar-refractivity contribution in [3.05, 3.63) is 60.7 Å². The van der Waals surface area contributed by atoms with E-state index in [9.17, 15) is 15.3 Å². The molecular weight excluding hydrogens is 368 g/mol. The molecule has 0 saturated carbocycles. The minimum absolute atomic E-state index is 0.0856.